The van der Waals surface area contributed by atoms with E-state index in [0.29, 0.717) is 13.2 Å². The van der Waals surface area contributed by atoms with E-state index in [4.69, 9.17) is 9.47 Å². The van der Waals surface area contributed by atoms with Crippen LogP contribution in [0.4, 0.5) is 0 Å². The van der Waals surface area contributed by atoms with Crippen molar-refractivity contribution in [2.24, 2.45) is 5.41 Å². The van der Waals surface area contributed by atoms with Gasteiger partial charge in [0.15, 0.2) is 0 Å². The maximum atomic E-state index is 12.4. The number of carbonyl (C=O) groups excluding carboxylic acids is 2. The van der Waals surface area contributed by atoms with Crippen LogP contribution in [0.25, 0.3) is 6.08 Å². The summed E-state index contributed by atoms with van der Waals surface area (Å²) in [5.41, 5.74) is 1.23. The van der Waals surface area contributed by atoms with Crippen LogP contribution in [0.1, 0.15) is 24.8 Å². The number of ether oxygens (including phenoxy) is 2. The number of amides is 2. The molecule has 0 saturated carbocycles. The van der Waals surface area contributed by atoms with Crippen LogP contribution in [0, 0.1) is 5.41 Å². The number of rotatable bonds is 7. The van der Waals surface area contributed by atoms with Crippen LogP contribution in [0.3, 0.4) is 0 Å². The van der Waals surface area contributed by atoms with Gasteiger partial charge in [-0.2, -0.15) is 11.3 Å². The topological polar surface area (TPSA) is 59.1 Å². The van der Waals surface area contributed by atoms with Gasteiger partial charge < -0.3 is 19.3 Å². The third kappa shape index (κ3) is 5.40. The zero-order chi connectivity index (χ0) is 19.1. The molecule has 3 rings (SSSR count). The highest BCUT2D eigenvalue weighted by atomic mass is 32.1. The monoisotopic (exact) mass is 392 g/mol. The average Bonchev–Trinajstić information content (AvgIpc) is 3.34. The Morgan fingerprint density at radius 1 is 1.19 bits per heavy atom. The van der Waals surface area contributed by atoms with Crippen molar-refractivity contribution in [2.75, 3.05) is 53.1 Å². The number of hydrogen-bond acceptors (Lipinski definition) is 5. The molecule has 2 fully saturated rings. The summed E-state index contributed by atoms with van der Waals surface area (Å²) >= 11 is 1.63. The highest BCUT2D eigenvalue weighted by molar-refractivity contribution is 7.08. The van der Waals surface area contributed by atoms with Crippen molar-refractivity contribution in [3.63, 3.8) is 0 Å². The maximum Gasteiger partial charge on any atom is 0.248 e. The predicted molar refractivity (Wildman–Crippen MR) is 105 cm³/mol. The van der Waals surface area contributed by atoms with Gasteiger partial charge in [0.1, 0.15) is 6.61 Å². The maximum absolute atomic E-state index is 12.4. The molecule has 2 aliphatic rings. The quantitative estimate of drug-likeness (QED) is 0.528. The van der Waals surface area contributed by atoms with E-state index in [2.05, 4.69) is 0 Å². The Hall–Kier alpha value is -1.70. The average molecular weight is 393 g/mol. The lowest BCUT2D eigenvalue weighted by atomic mass is 9.78. The van der Waals surface area contributed by atoms with Crippen LogP contribution < -0.4 is 0 Å². The minimum absolute atomic E-state index is 0.0557. The third-order valence-corrected chi connectivity index (χ3v) is 6.25. The number of nitrogens with zero attached hydrogens (tertiary/aromatic N) is 2. The number of methoxy groups -OCH3 is 1. The van der Waals surface area contributed by atoms with Crippen LogP contribution in [0.5, 0.6) is 0 Å². The molecule has 1 aromatic rings. The summed E-state index contributed by atoms with van der Waals surface area (Å²) in [6.07, 6.45) is 6.48. The Labute approximate surface area is 164 Å². The van der Waals surface area contributed by atoms with Gasteiger partial charge in [0, 0.05) is 39.4 Å². The smallest absolute Gasteiger partial charge is 0.248 e. The van der Waals surface area contributed by atoms with Gasteiger partial charge in [-0.25, -0.2) is 0 Å². The first-order chi connectivity index (χ1) is 13.1. The van der Waals surface area contributed by atoms with E-state index in [9.17, 15) is 9.59 Å². The highest BCUT2D eigenvalue weighted by Crippen LogP contribution is 2.40. The van der Waals surface area contributed by atoms with Gasteiger partial charge in [-0.15, -0.1) is 0 Å². The molecule has 1 spiro atoms. The van der Waals surface area contributed by atoms with Crippen LogP contribution in [-0.2, 0) is 19.1 Å². The summed E-state index contributed by atoms with van der Waals surface area (Å²) in [7, 11) is 1.62. The van der Waals surface area contributed by atoms with E-state index >= 15 is 0 Å². The molecule has 0 aromatic carbocycles. The van der Waals surface area contributed by atoms with Gasteiger partial charge >= 0.3 is 0 Å². The molecule has 0 bridgehead atoms. The SMILES string of the molecule is COCCOCC(=O)N1CCC2(CCN(C(=O)C=Cc3ccsc3)CC2)C1. The molecule has 148 valence electrons. The minimum atomic E-state index is 0.0557. The normalized spacial score (nSPS) is 19.3. The molecule has 2 amide bonds. The molecule has 0 unspecified atom stereocenters. The molecule has 0 atom stereocenters. The molecule has 2 aliphatic heterocycles. The Bertz CT molecular complexity index is 651. The molecular weight excluding hydrogens is 364 g/mol. The second kappa shape index (κ2) is 9.48. The third-order valence-electron chi connectivity index (χ3n) is 5.55. The van der Waals surface area contributed by atoms with Crippen LogP contribution in [0.15, 0.2) is 22.9 Å². The first-order valence-corrected chi connectivity index (χ1v) is 10.4. The molecule has 27 heavy (non-hydrogen) atoms. The summed E-state index contributed by atoms with van der Waals surface area (Å²) in [6, 6.07) is 2.00. The molecule has 1 aromatic heterocycles. The van der Waals surface area contributed by atoms with E-state index in [0.717, 1.165) is 51.0 Å². The second-order valence-electron chi connectivity index (χ2n) is 7.33. The standard InChI is InChI=1S/C20H28N2O4S/c1-25-11-12-26-14-19(24)22-10-7-20(16-22)5-8-21(9-6-20)18(23)3-2-17-4-13-27-15-17/h2-4,13,15H,5-12,14,16H2,1H3. The lowest BCUT2D eigenvalue weighted by molar-refractivity contribution is -0.136. The van der Waals surface area contributed by atoms with Gasteiger partial charge in [0.25, 0.3) is 0 Å². The molecule has 0 N–H and O–H groups in total. The molecule has 0 radical (unpaired) electrons. The van der Waals surface area contributed by atoms with Gasteiger partial charge in [0.05, 0.1) is 13.2 Å². The van der Waals surface area contributed by atoms with E-state index < -0.39 is 0 Å². The molecule has 7 heteroatoms. The van der Waals surface area contributed by atoms with Crippen molar-refractivity contribution in [3.05, 3.63) is 28.5 Å². The number of carbonyl (C=O) groups is 2. The Kier molecular flexibility index (Phi) is 7.04. The zero-order valence-electron chi connectivity index (χ0n) is 15.9. The lowest BCUT2D eigenvalue weighted by Gasteiger charge is -2.38. The van der Waals surface area contributed by atoms with Crippen LogP contribution in [0.2, 0.25) is 0 Å². The van der Waals surface area contributed by atoms with Gasteiger partial charge in [0.2, 0.25) is 11.8 Å². The number of hydrogen-bond donors (Lipinski definition) is 0. The number of thiophene rings is 1. The Balaban J connectivity index is 1.43. The molecule has 3 heterocycles. The van der Waals surface area contributed by atoms with E-state index in [1.54, 1.807) is 24.5 Å². The lowest BCUT2D eigenvalue weighted by Crippen LogP contribution is -2.44. The molecule has 2 saturated heterocycles. The van der Waals surface area contributed by atoms with Crippen molar-refractivity contribution in [1.82, 2.24) is 9.80 Å². The molecule has 6 nitrogen and oxygen atoms in total. The molecular formula is C20H28N2O4S. The van der Waals surface area contributed by atoms with Gasteiger partial charge in [-0.3, -0.25) is 9.59 Å². The predicted octanol–water partition coefficient (Wildman–Crippen LogP) is 2.27. The Morgan fingerprint density at radius 2 is 1.93 bits per heavy atom. The first kappa shape index (κ1) is 20.0. The van der Waals surface area contributed by atoms with E-state index in [1.807, 2.05) is 32.7 Å². The summed E-state index contributed by atoms with van der Waals surface area (Å²) in [5.74, 6) is 0.133. The summed E-state index contributed by atoms with van der Waals surface area (Å²) in [6.45, 7) is 4.17. The largest absolute Gasteiger partial charge is 0.382 e. The van der Waals surface area contributed by atoms with Crippen molar-refractivity contribution >= 4 is 29.2 Å². The Morgan fingerprint density at radius 3 is 2.59 bits per heavy atom. The fourth-order valence-electron chi connectivity index (χ4n) is 3.79. The van der Waals surface area contributed by atoms with E-state index in [-0.39, 0.29) is 23.8 Å². The highest BCUT2D eigenvalue weighted by Gasteiger charge is 2.42. The van der Waals surface area contributed by atoms with Crippen molar-refractivity contribution in [1.29, 1.82) is 0 Å². The van der Waals surface area contributed by atoms with Crippen LogP contribution >= 0.6 is 11.3 Å². The summed E-state index contributed by atoms with van der Waals surface area (Å²) < 4.78 is 10.3. The van der Waals surface area contributed by atoms with Crippen LogP contribution in [-0.4, -0.2) is 74.7 Å². The van der Waals surface area contributed by atoms with Gasteiger partial charge in [-0.1, -0.05) is 0 Å². The van der Waals surface area contributed by atoms with Crippen molar-refractivity contribution in [3.8, 4) is 0 Å². The van der Waals surface area contributed by atoms with Crippen molar-refractivity contribution in [2.45, 2.75) is 19.3 Å². The summed E-state index contributed by atoms with van der Waals surface area (Å²) in [4.78, 5) is 28.5. The van der Waals surface area contributed by atoms with Crippen molar-refractivity contribution < 1.29 is 19.1 Å². The number of likely N-dealkylation sites (tertiary alicyclic amines) is 2. The minimum Gasteiger partial charge on any atom is -0.382 e. The second-order valence-corrected chi connectivity index (χ2v) is 8.11. The fraction of sp³-hybridized carbons (Fsp3) is 0.600. The van der Waals surface area contributed by atoms with Gasteiger partial charge in [-0.05, 0) is 53.1 Å². The number of piperidine rings is 1. The fourth-order valence-corrected chi connectivity index (χ4v) is 4.42. The van der Waals surface area contributed by atoms with E-state index in [1.165, 1.54) is 0 Å². The summed E-state index contributed by atoms with van der Waals surface area (Å²) in [5, 5.41) is 4.03. The zero-order valence-corrected chi connectivity index (χ0v) is 16.7. The first-order valence-electron chi connectivity index (χ1n) is 9.46. The molecule has 0 aliphatic carbocycles.